The molecule has 1 heterocycles. The van der Waals surface area contributed by atoms with E-state index in [1.807, 2.05) is 18.2 Å². The average Bonchev–Trinajstić information content (AvgIpc) is 2.51. The van der Waals surface area contributed by atoms with Gasteiger partial charge in [0.05, 0.1) is 11.1 Å². The van der Waals surface area contributed by atoms with E-state index in [4.69, 9.17) is 10.5 Å². The Morgan fingerprint density at radius 3 is 2.43 bits per heavy atom. The first-order valence-electron chi connectivity index (χ1n) is 7.50. The van der Waals surface area contributed by atoms with Crippen molar-refractivity contribution in [1.82, 2.24) is 4.98 Å². The molecule has 0 spiro atoms. The van der Waals surface area contributed by atoms with Crippen molar-refractivity contribution in [2.24, 2.45) is 16.6 Å². The van der Waals surface area contributed by atoms with Crippen LogP contribution in [0.5, 0.6) is 5.75 Å². The summed E-state index contributed by atoms with van der Waals surface area (Å²) in [5.74, 6) is 0.764. The third-order valence-electron chi connectivity index (χ3n) is 5.05. The summed E-state index contributed by atoms with van der Waals surface area (Å²) in [6.07, 6.45) is 1.71. The standard InChI is InChI=1S/C18H21N3O.ClH/c1-17(2)15(20)18(3,4)16(17)22-13-8-7-11(10-19)14-12(13)6-5-9-21-14;/h5-9,15-16H,20H2,1-4H3;1H/t15-,16-;. The van der Waals surface area contributed by atoms with Gasteiger partial charge in [-0.3, -0.25) is 4.98 Å². The number of nitriles is 1. The van der Waals surface area contributed by atoms with Gasteiger partial charge in [0, 0.05) is 28.5 Å². The highest BCUT2D eigenvalue weighted by Crippen LogP contribution is 2.54. The number of benzene rings is 1. The number of nitrogens with two attached hydrogens (primary N) is 1. The Morgan fingerprint density at radius 1 is 1.17 bits per heavy atom. The molecular formula is C18H22ClN3O. The lowest BCUT2D eigenvalue weighted by molar-refractivity contribution is -0.154. The summed E-state index contributed by atoms with van der Waals surface area (Å²) in [6.45, 7) is 8.55. The van der Waals surface area contributed by atoms with Gasteiger partial charge in [-0.2, -0.15) is 5.26 Å². The summed E-state index contributed by atoms with van der Waals surface area (Å²) < 4.78 is 6.33. The molecule has 1 saturated carbocycles. The number of fused-ring (bicyclic) bond motifs is 1. The zero-order chi connectivity index (χ0) is 16.1. The number of hydrogen-bond donors (Lipinski definition) is 1. The van der Waals surface area contributed by atoms with Crippen LogP contribution in [-0.2, 0) is 0 Å². The number of nitrogens with zero attached hydrogens (tertiary/aromatic N) is 2. The van der Waals surface area contributed by atoms with Gasteiger partial charge in [-0.1, -0.05) is 27.7 Å². The number of ether oxygens (including phenoxy) is 1. The first kappa shape index (κ1) is 17.5. The first-order chi connectivity index (χ1) is 10.3. The molecule has 2 aromatic rings. The summed E-state index contributed by atoms with van der Waals surface area (Å²) in [5, 5.41) is 10.1. The first-order valence-corrected chi connectivity index (χ1v) is 7.50. The van der Waals surface area contributed by atoms with Crippen LogP contribution in [0.4, 0.5) is 0 Å². The van der Waals surface area contributed by atoms with E-state index in [9.17, 15) is 5.26 Å². The molecule has 0 saturated heterocycles. The molecule has 122 valence electrons. The Hall–Kier alpha value is -1.83. The largest absolute Gasteiger partial charge is 0.488 e. The Kier molecular flexibility index (Phi) is 4.32. The van der Waals surface area contributed by atoms with Crippen LogP contribution >= 0.6 is 12.4 Å². The van der Waals surface area contributed by atoms with Crippen LogP contribution in [0.2, 0.25) is 0 Å². The van der Waals surface area contributed by atoms with Crippen LogP contribution in [0.1, 0.15) is 33.3 Å². The van der Waals surface area contributed by atoms with Crippen molar-refractivity contribution in [2.75, 3.05) is 0 Å². The fourth-order valence-electron chi connectivity index (χ4n) is 3.92. The molecule has 2 N–H and O–H groups in total. The lowest BCUT2D eigenvalue weighted by Gasteiger charge is -2.61. The summed E-state index contributed by atoms with van der Waals surface area (Å²) in [5.41, 5.74) is 7.36. The van der Waals surface area contributed by atoms with Crippen LogP contribution in [0.15, 0.2) is 30.5 Å². The quantitative estimate of drug-likeness (QED) is 0.911. The summed E-state index contributed by atoms with van der Waals surface area (Å²) in [6, 6.07) is 9.70. The second kappa shape index (κ2) is 5.67. The zero-order valence-electron chi connectivity index (χ0n) is 13.8. The third kappa shape index (κ3) is 2.45. The minimum absolute atomic E-state index is 0. The van der Waals surface area contributed by atoms with Crippen LogP contribution in [0.25, 0.3) is 10.9 Å². The van der Waals surface area contributed by atoms with Crippen molar-refractivity contribution in [2.45, 2.75) is 39.8 Å². The molecule has 1 aromatic heterocycles. The number of rotatable bonds is 2. The average molecular weight is 332 g/mol. The minimum atomic E-state index is -0.0913. The van der Waals surface area contributed by atoms with Crippen LogP contribution < -0.4 is 10.5 Å². The lowest BCUT2D eigenvalue weighted by atomic mass is 9.50. The number of halogens is 1. The van der Waals surface area contributed by atoms with E-state index in [-0.39, 0.29) is 35.4 Å². The molecule has 5 heteroatoms. The van der Waals surface area contributed by atoms with Gasteiger partial charge in [-0.05, 0) is 24.3 Å². The van der Waals surface area contributed by atoms with Crippen LogP contribution in [0.3, 0.4) is 0 Å². The van der Waals surface area contributed by atoms with Gasteiger partial charge >= 0.3 is 0 Å². The van der Waals surface area contributed by atoms with Crippen molar-refractivity contribution in [1.29, 1.82) is 5.26 Å². The Bertz CT molecular complexity index is 763. The van der Waals surface area contributed by atoms with Crippen molar-refractivity contribution >= 4 is 23.3 Å². The van der Waals surface area contributed by atoms with Crippen molar-refractivity contribution < 1.29 is 4.74 Å². The molecule has 4 nitrogen and oxygen atoms in total. The molecule has 3 rings (SSSR count). The van der Waals surface area contributed by atoms with Crippen molar-refractivity contribution in [3.05, 3.63) is 36.0 Å². The summed E-state index contributed by atoms with van der Waals surface area (Å²) >= 11 is 0. The number of aromatic nitrogens is 1. The molecule has 0 unspecified atom stereocenters. The molecule has 1 aliphatic carbocycles. The third-order valence-corrected chi connectivity index (χ3v) is 5.05. The van der Waals surface area contributed by atoms with Gasteiger partial charge < -0.3 is 10.5 Å². The molecule has 0 atom stereocenters. The van der Waals surface area contributed by atoms with Gasteiger partial charge in [0.1, 0.15) is 17.9 Å². The predicted molar refractivity (Wildman–Crippen MR) is 93.7 cm³/mol. The van der Waals surface area contributed by atoms with Crippen molar-refractivity contribution in [3.8, 4) is 11.8 Å². The zero-order valence-corrected chi connectivity index (χ0v) is 14.6. The van der Waals surface area contributed by atoms with Gasteiger partial charge in [0.15, 0.2) is 0 Å². The maximum atomic E-state index is 9.22. The lowest BCUT2D eigenvalue weighted by Crippen LogP contribution is -2.72. The normalized spacial score (nSPS) is 24.2. The Balaban J connectivity index is 0.00000192. The fraction of sp³-hybridized carbons (Fsp3) is 0.444. The van der Waals surface area contributed by atoms with E-state index in [2.05, 4.69) is 38.7 Å². The van der Waals surface area contributed by atoms with Gasteiger partial charge in [0.25, 0.3) is 0 Å². The second-order valence-corrected chi connectivity index (χ2v) is 7.24. The summed E-state index contributed by atoms with van der Waals surface area (Å²) in [7, 11) is 0. The van der Waals surface area contributed by atoms with E-state index in [0.717, 1.165) is 11.1 Å². The number of hydrogen-bond acceptors (Lipinski definition) is 4. The highest BCUT2D eigenvalue weighted by molar-refractivity contribution is 5.89. The maximum Gasteiger partial charge on any atom is 0.129 e. The highest BCUT2D eigenvalue weighted by atomic mass is 35.5. The SMILES string of the molecule is CC1(C)[C@H](N)C(C)(C)[C@H]1Oc1ccc(C#N)c2ncccc12.Cl. The van der Waals surface area contributed by atoms with E-state index in [0.29, 0.717) is 11.1 Å². The monoisotopic (exact) mass is 331 g/mol. The molecule has 1 aromatic carbocycles. The molecule has 0 amide bonds. The van der Waals surface area contributed by atoms with Gasteiger partial charge in [-0.15, -0.1) is 12.4 Å². The van der Waals surface area contributed by atoms with E-state index < -0.39 is 0 Å². The molecule has 1 fully saturated rings. The molecular weight excluding hydrogens is 310 g/mol. The molecule has 0 bridgehead atoms. The smallest absolute Gasteiger partial charge is 0.129 e. The Labute approximate surface area is 143 Å². The second-order valence-electron chi connectivity index (χ2n) is 7.24. The predicted octanol–water partition coefficient (Wildman–Crippen LogP) is 3.67. The van der Waals surface area contributed by atoms with Crippen molar-refractivity contribution in [3.63, 3.8) is 0 Å². The molecule has 0 aliphatic heterocycles. The fourth-order valence-corrected chi connectivity index (χ4v) is 3.92. The van der Waals surface area contributed by atoms with Crippen LogP contribution in [-0.4, -0.2) is 17.1 Å². The van der Waals surface area contributed by atoms with Gasteiger partial charge in [-0.25, -0.2) is 0 Å². The molecule has 23 heavy (non-hydrogen) atoms. The van der Waals surface area contributed by atoms with E-state index in [1.165, 1.54) is 0 Å². The Morgan fingerprint density at radius 2 is 1.83 bits per heavy atom. The highest BCUT2D eigenvalue weighted by Gasteiger charge is 2.61. The molecule has 1 aliphatic rings. The van der Waals surface area contributed by atoms with E-state index in [1.54, 1.807) is 12.3 Å². The van der Waals surface area contributed by atoms with Gasteiger partial charge in [0.2, 0.25) is 0 Å². The minimum Gasteiger partial charge on any atom is -0.488 e. The summed E-state index contributed by atoms with van der Waals surface area (Å²) in [4.78, 5) is 4.32. The van der Waals surface area contributed by atoms with Crippen LogP contribution in [0, 0.1) is 22.2 Å². The van der Waals surface area contributed by atoms with E-state index >= 15 is 0 Å². The topological polar surface area (TPSA) is 71.9 Å². The maximum absolute atomic E-state index is 9.22. The number of pyridine rings is 1. The molecule has 0 radical (unpaired) electrons.